The minimum atomic E-state index is -0.491. The minimum Gasteiger partial charge on any atom is -0.450 e. The molecule has 26 heavy (non-hydrogen) atoms. The van der Waals surface area contributed by atoms with Gasteiger partial charge in [0.2, 0.25) is 6.34 Å². The van der Waals surface area contributed by atoms with Gasteiger partial charge >= 0.3 is 6.09 Å². The lowest BCUT2D eigenvalue weighted by Gasteiger charge is -2.38. The van der Waals surface area contributed by atoms with Gasteiger partial charge in [-0.15, -0.1) is 9.69 Å². The molecule has 7 nitrogen and oxygen atoms in total. The Bertz CT molecular complexity index is 871. The van der Waals surface area contributed by atoms with Gasteiger partial charge in [0.15, 0.2) is 5.70 Å². The van der Waals surface area contributed by atoms with Gasteiger partial charge in [0, 0.05) is 19.2 Å². The molecule has 2 atom stereocenters. The molecule has 0 aromatic heterocycles. The van der Waals surface area contributed by atoms with E-state index < -0.39 is 6.09 Å². The number of allylic oxidation sites excluding steroid dienone is 2. The lowest BCUT2D eigenvalue weighted by molar-refractivity contribution is -0.841. The summed E-state index contributed by atoms with van der Waals surface area (Å²) in [5, 5.41) is 6.20. The highest BCUT2D eigenvalue weighted by atomic mass is 16.5. The summed E-state index contributed by atoms with van der Waals surface area (Å²) in [4.78, 5) is 16.7. The Hall–Kier alpha value is -2.93. The molecule has 134 valence electrons. The van der Waals surface area contributed by atoms with E-state index in [9.17, 15) is 4.79 Å². The first-order valence-electron chi connectivity index (χ1n) is 8.61. The molecule has 0 saturated carbocycles. The van der Waals surface area contributed by atoms with Crippen LogP contribution in [0.15, 0.2) is 63.1 Å². The number of hydrazone groups is 1. The number of rotatable bonds is 3. The van der Waals surface area contributed by atoms with Gasteiger partial charge in [-0.1, -0.05) is 30.3 Å². The van der Waals surface area contributed by atoms with E-state index in [1.54, 1.807) is 11.3 Å². The molecule has 0 bridgehead atoms. The monoisotopic (exact) mass is 352 g/mol. The minimum absolute atomic E-state index is 0.115. The highest BCUT2D eigenvalue weighted by Crippen LogP contribution is 2.43. The standard InChI is InChI=1S/C19H21N5O2/c1-13-10-20-17-16(13)15(9-14-7-5-4-6-8-14)11-24(22-19(25)26-3)12-21-23(2)18(17)24/h4-8,10,12,15H,9,11H2,1-3H3/p+1. The summed E-state index contributed by atoms with van der Waals surface area (Å²) in [6.45, 7) is 2.75. The van der Waals surface area contributed by atoms with Crippen LogP contribution in [0.25, 0.3) is 0 Å². The maximum atomic E-state index is 12.0. The van der Waals surface area contributed by atoms with Crippen LogP contribution >= 0.6 is 0 Å². The fourth-order valence-corrected chi connectivity index (χ4v) is 4.03. The molecule has 1 amide bonds. The molecule has 0 radical (unpaired) electrons. The van der Waals surface area contributed by atoms with Gasteiger partial charge in [0.05, 0.1) is 7.11 Å². The van der Waals surface area contributed by atoms with Gasteiger partial charge < -0.3 is 4.74 Å². The molecule has 4 rings (SSSR count). The van der Waals surface area contributed by atoms with Gasteiger partial charge in [0.25, 0.3) is 5.82 Å². The number of fused-ring (bicyclic) bond motifs is 2. The largest absolute Gasteiger partial charge is 0.452 e. The van der Waals surface area contributed by atoms with Gasteiger partial charge in [-0.3, -0.25) is 0 Å². The quantitative estimate of drug-likeness (QED) is 0.850. The van der Waals surface area contributed by atoms with Crippen molar-refractivity contribution < 1.29 is 14.1 Å². The maximum Gasteiger partial charge on any atom is 0.452 e. The smallest absolute Gasteiger partial charge is 0.450 e. The Kier molecular flexibility index (Phi) is 3.88. The third kappa shape index (κ3) is 2.52. The van der Waals surface area contributed by atoms with Crippen LogP contribution in [0.5, 0.6) is 0 Å². The number of ether oxygens (including phenoxy) is 1. The Labute approximate surface area is 152 Å². The highest BCUT2D eigenvalue weighted by Gasteiger charge is 2.52. The molecule has 0 spiro atoms. The SMILES string of the molecule is COC(=O)N[N+]12C=NN(C)C1=C1N=CC(C)=C1C(Cc1ccccc1)C2. The number of carbonyl (C=O) groups is 1. The van der Waals surface area contributed by atoms with Crippen molar-refractivity contribution >= 4 is 18.6 Å². The van der Waals surface area contributed by atoms with Crippen LogP contribution in [0, 0.1) is 5.92 Å². The van der Waals surface area contributed by atoms with Gasteiger partial charge in [0.1, 0.15) is 6.54 Å². The van der Waals surface area contributed by atoms with Crippen LogP contribution in [-0.2, 0) is 11.2 Å². The molecular formula is C19H22N5O2+. The predicted octanol–water partition coefficient (Wildman–Crippen LogP) is 2.41. The van der Waals surface area contributed by atoms with Crippen LogP contribution in [0.2, 0.25) is 0 Å². The molecule has 1 aromatic rings. The highest BCUT2D eigenvalue weighted by molar-refractivity contribution is 5.86. The molecule has 2 unspecified atom stereocenters. The van der Waals surface area contributed by atoms with Crippen molar-refractivity contribution in [3.05, 3.63) is 58.6 Å². The maximum absolute atomic E-state index is 12.0. The molecular weight excluding hydrogens is 330 g/mol. The van der Waals surface area contributed by atoms with E-state index in [0.29, 0.717) is 6.54 Å². The molecule has 3 heterocycles. The summed E-state index contributed by atoms with van der Waals surface area (Å²) < 4.78 is 4.97. The van der Waals surface area contributed by atoms with E-state index in [0.717, 1.165) is 17.9 Å². The van der Waals surface area contributed by atoms with E-state index in [2.05, 4.69) is 46.7 Å². The summed E-state index contributed by atoms with van der Waals surface area (Å²) in [6.07, 6.45) is 4.03. The second kappa shape index (κ2) is 6.10. The number of nitrogens with zero attached hydrogens (tertiary/aromatic N) is 4. The fourth-order valence-electron chi connectivity index (χ4n) is 4.03. The van der Waals surface area contributed by atoms with Crippen molar-refractivity contribution in [2.45, 2.75) is 13.3 Å². The molecule has 3 aliphatic heterocycles. The van der Waals surface area contributed by atoms with Crippen LogP contribution in [0.3, 0.4) is 0 Å². The molecule has 0 saturated heterocycles. The zero-order valence-corrected chi connectivity index (χ0v) is 15.1. The third-order valence-corrected chi connectivity index (χ3v) is 5.10. The van der Waals surface area contributed by atoms with Crippen molar-refractivity contribution in [3.8, 4) is 0 Å². The third-order valence-electron chi connectivity index (χ3n) is 5.10. The lowest BCUT2D eigenvalue weighted by atomic mass is 9.85. The Morgan fingerprint density at radius 3 is 2.88 bits per heavy atom. The predicted molar refractivity (Wildman–Crippen MR) is 98.8 cm³/mol. The summed E-state index contributed by atoms with van der Waals surface area (Å²) >= 11 is 0. The van der Waals surface area contributed by atoms with Crippen molar-refractivity contribution in [1.82, 2.24) is 10.4 Å². The molecule has 1 aromatic carbocycles. The molecule has 0 fully saturated rings. The average Bonchev–Trinajstić information content (AvgIpc) is 3.16. The number of hydrogen-bond donors (Lipinski definition) is 1. The second-order valence-corrected chi connectivity index (χ2v) is 6.82. The van der Waals surface area contributed by atoms with E-state index in [1.165, 1.54) is 23.8 Å². The van der Waals surface area contributed by atoms with Crippen molar-refractivity contribution in [1.29, 1.82) is 0 Å². The number of aliphatic imine (C=N–C) groups is 1. The molecule has 7 heteroatoms. The van der Waals surface area contributed by atoms with Crippen molar-refractivity contribution in [2.24, 2.45) is 16.0 Å². The summed E-state index contributed by atoms with van der Waals surface area (Å²) in [5.41, 5.74) is 7.51. The van der Waals surface area contributed by atoms with E-state index >= 15 is 0 Å². The summed E-state index contributed by atoms with van der Waals surface area (Å²) in [6, 6.07) is 10.4. The van der Waals surface area contributed by atoms with Crippen LogP contribution in [0.4, 0.5) is 4.79 Å². The number of benzene rings is 1. The number of nitrogens with one attached hydrogen (secondary N) is 1. The summed E-state index contributed by atoms with van der Waals surface area (Å²) in [5.74, 6) is 1.05. The van der Waals surface area contributed by atoms with Crippen molar-refractivity contribution in [2.75, 3.05) is 20.7 Å². The van der Waals surface area contributed by atoms with Crippen LogP contribution in [0.1, 0.15) is 12.5 Å². The van der Waals surface area contributed by atoms with E-state index in [-0.39, 0.29) is 10.5 Å². The van der Waals surface area contributed by atoms with Crippen molar-refractivity contribution in [3.63, 3.8) is 0 Å². The first-order chi connectivity index (χ1) is 12.5. The van der Waals surface area contributed by atoms with Gasteiger partial charge in [-0.05, 0) is 30.1 Å². The number of amides is 1. The first kappa shape index (κ1) is 16.5. The topological polar surface area (TPSA) is 66.3 Å². The number of quaternary nitrogens is 1. The van der Waals surface area contributed by atoms with E-state index in [1.807, 2.05) is 19.3 Å². The Balaban J connectivity index is 1.79. The average molecular weight is 352 g/mol. The molecule has 3 aliphatic rings. The molecule has 0 aliphatic carbocycles. The molecule has 1 N–H and O–H groups in total. The van der Waals surface area contributed by atoms with Crippen LogP contribution < -0.4 is 5.43 Å². The van der Waals surface area contributed by atoms with E-state index in [4.69, 9.17) is 4.74 Å². The zero-order valence-electron chi connectivity index (χ0n) is 15.1. The summed E-state index contributed by atoms with van der Waals surface area (Å²) in [7, 11) is 3.24. The lowest BCUT2D eigenvalue weighted by Crippen LogP contribution is -2.62. The first-order valence-corrected chi connectivity index (χ1v) is 8.61. The van der Waals surface area contributed by atoms with Gasteiger partial charge in [-0.25, -0.2) is 14.8 Å². The van der Waals surface area contributed by atoms with Crippen LogP contribution in [-0.4, -0.2) is 48.9 Å². The normalized spacial score (nSPS) is 26.3. The Morgan fingerprint density at radius 2 is 2.15 bits per heavy atom. The number of carbonyl (C=O) groups excluding carboxylic acids is 1. The number of methoxy groups -OCH3 is 1. The number of hydrogen-bond acceptors (Lipinski definition) is 5. The Morgan fingerprint density at radius 1 is 1.38 bits per heavy atom. The second-order valence-electron chi connectivity index (χ2n) is 6.82. The fraction of sp³-hybridized carbons (Fsp3) is 0.316. The zero-order chi connectivity index (χ0) is 18.3. The van der Waals surface area contributed by atoms with Gasteiger partial charge in [-0.2, -0.15) is 5.43 Å².